The number of aryl methyl sites for hydroxylation is 1. The maximum Gasteiger partial charge on any atom is 0.235 e. The molecular weight excluding hydrogens is 200 g/mol. The smallest absolute Gasteiger partial charge is 0.235 e. The highest BCUT2D eigenvalue weighted by Gasteiger charge is 2.30. The van der Waals surface area contributed by atoms with E-state index >= 15 is 0 Å². The van der Waals surface area contributed by atoms with Gasteiger partial charge < -0.3 is 4.74 Å². The Hall–Kier alpha value is -1.38. The van der Waals surface area contributed by atoms with Gasteiger partial charge in [-0.2, -0.15) is 0 Å². The lowest BCUT2D eigenvalue weighted by Crippen LogP contribution is -2.25. The Kier molecular flexibility index (Phi) is 2.70. The van der Waals surface area contributed by atoms with Gasteiger partial charge in [0.05, 0.1) is 6.04 Å². The van der Waals surface area contributed by atoms with E-state index in [1.165, 1.54) is 0 Å². The van der Waals surface area contributed by atoms with E-state index in [-0.39, 0.29) is 11.5 Å². The highest BCUT2D eigenvalue weighted by Crippen LogP contribution is 2.26. The van der Waals surface area contributed by atoms with Crippen molar-refractivity contribution in [1.29, 1.82) is 0 Å². The fourth-order valence-corrected chi connectivity index (χ4v) is 1.62. The molecule has 86 valence electrons. The van der Waals surface area contributed by atoms with Crippen molar-refractivity contribution in [2.75, 3.05) is 6.61 Å². The molecule has 1 aliphatic heterocycles. The zero-order valence-electron chi connectivity index (χ0n) is 10.3. The first-order valence-electron chi connectivity index (χ1n) is 5.61. The number of aromatic nitrogens is 1. The van der Waals surface area contributed by atoms with E-state index in [1.54, 1.807) is 0 Å². The van der Waals surface area contributed by atoms with E-state index in [1.807, 2.05) is 25.1 Å². The molecule has 2 rings (SSSR count). The van der Waals surface area contributed by atoms with Crippen LogP contribution >= 0.6 is 0 Å². The second-order valence-corrected chi connectivity index (χ2v) is 5.29. The fraction of sp³-hybridized carbons (Fsp3) is 0.538. The summed E-state index contributed by atoms with van der Waals surface area (Å²) >= 11 is 0. The topological polar surface area (TPSA) is 34.5 Å². The van der Waals surface area contributed by atoms with Gasteiger partial charge in [0.25, 0.3) is 0 Å². The number of hydrogen-bond donors (Lipinski definition) is 0. The molecule has 1 atom stereocenters. The monoisotopic (exact) mass is 218 g/mol. The van der Waals surface area contributed by atoms with Crippen LogP contribution in [0.1, 0.15) is 32.2 Å². The molecule has 0 aromatic carbocycles. The lowest BCUT2D eigenvalue weighted by molar-refractivity contribution is 0.235. The third-order valence-electron chi connectivity index (χ3n) is 2.76. The first-order chi connectivity index (χ1) is 7.47. The first-order valence-corrected chi connectivity index (χ1v) is 5.61. The van der Waals surface area contributed by atoms with Crippen LogP contribution < -0.4 is 0 Å². The van der Waals surface area contributed by atoms with Crippen molar-refractivity contribution < 1.29 is 4.74 Å². The summed E-state index contributed by atoms with van der Waals surface area (Å²) in [5.41, 5.74) is 1.97. The van der Waals surface area contributed by atoms with E-state index in [4.69, 9.17) is 4.74 Å². The van der Waals surface area contributed by atoms with Gasteiger partial charge in [0, 0.05) is 5.69 Å². The summed E-state index contributed by atoms with van der Waals surface area (Å²) in [5, 5.41) is 0. The van der Waals surface area contributed by atoms with Gasteiger partial charge >= 0.3 is 0 Å². The number of pyridine rings is 1. The number of hydrogen-bond acceptors (Lipinski definition) is 3. The maximum absolute atomic E-state index is 5.62. The summed E-state index contributed by atoms with van der Waals surface area (Å²) in [6.07, 6.45) is 0. The summed E-state index contributed by atoms with van der Waals surface area (Å²) in [5.74, 6) is 0.684. The molecule has 2 heterocycles. The molecule has 0 saturated heterocycles. The third-order valence-corrected chi connectivity index (χ3v) is 2.76. The molecule has 0 radical (unpaired) electrons. The Morgan fingerprint density at radius 1 is 1.31 bits per heavy atom. The van der Waals surface area contributed by atoms with Crippen LogP contribution in [0, 0.1) is 12.3 Å². The normalized spacial score (nSPS) is 20.5. The molecule has 0 spiro atoms. The van der Waals surface area contributed by atoms with Crippen LogP contribution in [0.2, 0.25) is 0 Å². The maximum atomic E-state index is 5.62. The second-order valence-electron chi connectivity index (χ2n) is 5.29. The Morgan fingerprint density at radius 3 is 2.62 bits per heavy atom. The van der Waals surface area contributed by atoms with Crippen molar-refractivity contribution in [2.45, 2.75) is 33.7 Å². The number of ether oxygens (including phenoxy) is 1. The van der Waals surface area contributed by atoms with Crippen LogP contribution in [0.3, 0.4) is 0 Å². The summed E-state index contributed by atoms with van der Waals surface area (Å²) < 4.78 is 5.62. The van der Waals surface area contributed by atoms with E-state index in [0.717, 1.165) is 11.4 Å². The predicted molar refractivity (Wildman–Crippen MR) is 64.7 cm³/mol. The molecule has 1 aromatic rings. The van der Waals surface area contributed by atoms with E-state index < -0.39 is 0 Å². The average Bonchev–Trinajstić information content (AvgIpc) is 2.65. The van der Waals surface area contributed by atoms with Crippen molar-refractivity contribution >= 4 is 5.90 Å². The predicted octanol–water partition coefficient (Wildman–Crippen LogP) is 2.58. The van der Waals surface area contributed by atoms with E-state index in [2.05, 4.69) is 30.7 Å². The molecule has 1 unspecified atom stereocenters. The fourth-order valence-electron chi connectivity index (χ4n) is 1.62. The van der Waals surface area contributed by atoms with Crippen LogP contribution in [0.5, 0.6) is 0 Å². The van der Waals surface area contributed by atoms with Crippen molar-refractivity contribution in [1.82, 2.24) is 4.98 Å². The zero-order chi connectivity index (χ0) is 11.8. The Labute approximate surface area is 96.6 Å². The van der Waals surface area contributed by atoms with Gasteiger partial charge in [-0.1, -0.05) is 26.8 Å². The van der Waals surface area contributed by atoms with Gasteiger partial charge in [-0.3, -0.25) is 0 Å². The molecule has 1 aliphatic rings. The summed E-state index contributed by atoms with van der Waals surface area (Å²) in [4.78, 5) is 9.02. The number of rotatable bonds is 1. The molecule has 16 heavy (non-hydrogen) atoms. The molecule has 3 heteroatoms. The van der Waals surface area contributed by atoms with Gasteiger partial charge in [-0.05, 0) is 24.5 Å². The Morgan fingerprint density at radius 2 is 2.06 bits per heavy atom. The summed E-state index contributed by atoms with van der Waals surface area (Å²) in [6.45, 7) is 9.17. The van der Waals surface area contributed by atoms with E-state index in [0.29, 0.717) is 12.5 Å². The second kappa shape index (κ2) is 3.89. The van der Waals surface area contributed by atoms with Crippen molar-refractivity contribution in [3.8, 4) is 0 Å². The molecule has 0 fully saturated rings. The standard InChI is InChI=1S/C13H18N2O/c1-9-6-5-7-10(14-9)12-15-11(8-16-12)13(2,3)4/h5-7,11H,8H2,1-4H3. The van der Waals surface area contributed by atoms with Crippen LogP contribution in [0.15, 0.2) is 23.2 Å². The zero-order valence-corrected chi connectivity index (χ0v) is 10.3. The SMILES string of the molecule is Cc1cccc(C2=NC(C(C)(C)C)CO2)n1. The van der Waals surface area contributed by atoms with Crippen LogP contribution in [-0.4, -0.2) is 23.5 Å². The first kappa shape index (κ1) is 11.1. The molecule has 0 amide bonds. The quantitative estimate of drug-likeness (QED) is 0.726. The highest BCUT2D eigenvalue weighted by molar-refractivity contribution is 5.93. The van der Waals surface area contributed by atoms with Crippen molar-refractivity contribution in [3.63, 3.8) is 0 Å². The van der Waals surface area contributed by atoms with Gasteiger partial charge in [0.2, 0.25) is 5.90 Å². The van der Waals surface area contributed by atoms with Crippen LogP contribution in [0.4, 0.5) is 0 Å². The lowest BCUT2D eigenvalue weighted by atomic mass is 9.88. The molecule has 0 bridgehead atoms. The minimum Gasteiger partial charge on any atom is -0.474 e. The summed E-state index contributed by atoms with van der Waals surface area (Å²) in [6, 6.07) is 6.12. The third kappa shape index (κ3) is 2.23. The molecule has 0 N–H and O–H groups in total. The largest absolute Gasteiger partial charge is 0.474 e. The molecular formula is C13H18N2O. The Balaban J connectivity index is 2.25. The highest BCUT2D eigenvalue weighted by atomic mass is 16.5. The van der Waals surface area contributed by atoms with Gasteiger partial charge in [-0.25, -0.2) is 9.98 Å². The minimum absolute atomic E-state index is 0.144. The molecule has 3 nitrogen and oxygen atoms in total. The number of nitrogens with zero attached hydrogens (tertiary/aromatic N) is 2. The van der Waals surface area contributed by atoms with Gasteiger partial charge in [-0.15, -0.1) is 0 Å². The van der Waals surface area contributed by atoms with E-state index in [9.17, 15) is 0 Å². The lowest BCUT2D eigenvalue weighted by Gasteiger charge is -2.21. The van der Waals surface area contributed by atoms with Crippen LogP contribution in [0.25, 0.3) is 0 Å². The molecule has 0 aliphatic carbocycles. The Bertz CT molecular complexity index is 418. The van der Waals surface area contributed by atoms with Crippen LogP contribution in [-0.2, 0) is 4.74 Å². The average molecular weight is 218 g/mol. The molecule has 1 aromatic heterocycles. The molecule has 0 saturated carbocycles. The number of aliphatic imine (C=N–C) groups is 1. The minimum atomic E-state index is 0.144. The van der Waals surface area contributed by atoms with Gasteiger partial charge in [0.15, 0.2) is 0 Å². The van der Waals surface area contributed by atoms with Crippen molar-refractivity contribution in [2.24, 2.45) is 10.4 Å². The van der Waals surface area contributed by atoms with Crippen molar-refractivity contribution in [3.05, 3.63) is 29.6 Å². The van der Waals surface area contributed by atoms with Gasteiger partial charge in [0.1, 0.15) is 12.3 Å². The summed E-state index contributed by atoms with van der Waals surface area (Å²) in [7, 11) is 0.